The first kappa shape index (κ1) is 16.7. The Morgan fingerprint density at radius 2 is 2.12 bits per heavy atom. The van der Waals surface area contributed by atoms with E-state index in [1.807, 2.05) is 18.3 Å². The molecule has 2 aromatic heterocycles. The summed E-state index contributed by atoms with van der Waals surface area (Å²) in [5, 5.41) is 6.39. The van der Waals surface area contributed by atoms with Crippen molar-refractivity contribution in [2.24, 2.45) is 0 Å². The molecule has 3 N–H and O–H groups in total. The summed E-state index contributed by atoms with van der Waals surface area (Å²) in [5.41, 5.74) is 3.72. The molecule has 4 nitrogen and oxygen atoms in total. The van der Waals surface area contributed by atoms with Crippen LogP contribution in [0.5, 0.6) is 0 Å². The summed E-state index contributed by atoms with van der Waals surface area (Å²) in [6.07, 6.45) is 2.88. The summed E-state index contributed by atoms with van der Waals surface area (Å²) in [4.78, 5) is 18.0. The van der Waals surface area contributed by atoms with Gasteiger partial charge in [0, 0.05) is 23.6 Å². The quantitative estimate of drug-likeness (QED) is 0.604. The van der Waals surface area contributed by atoms with Gasteiger partial charge in [-0.2, -0.15) is 0 Å². The van der Waals surface area contributed by atoms with Gasteiger partial charge in [0.25, 0.3) is 5.91 Å². The summed E-state index contributed by atoms with van der Waals surface area (Å²) < 4.78 is 0. The molecular formula is C19H24N3OS+. The van der Waals surface area contributed by atoms with E-state index >= 15 is 0 Å². The molecule has 0 saturated carbocycles. The highest BCUT2D eigenvalue weighted by molar-refractivity contribution is 7.10. The molecule has 3 aromatic rings. The van der Waals surface area contributed by atoms with Gasteiger partial charge in [-0.05, 0) is 42.0 Å². The molecule has 0 aliphatic carbocycles. The van der Waals surface area contributed by atoms with Gasteiger partial charge >= 0.3 is 0 Å². The highest BCUT2D eigenvalue weighted by Gasteiger charge is 2.12. The van der Waals surface area contributed by atoms with Crippen LogP contribution >= 0.6 is 11.3 Å². The smallest absolute Gasteiger partial charge is 0.275 e. The third-order valence-electron chi connectivity index (χ3n) is 4.28. The fourth-order valence-electron chi connectivity index (χ4n) is 2.93. The van der Waals surface area contributed by atoms with Crippen molar-refractivity contribution in [1.29, 1.82) is 0 Å². The number of benzene rings is 1. The fourth-order valence-corrected chi connectivity index (χ4v) is 3.95. The number of para-hydroxylation sites is 1. The van der Waals surface area contributed by atoms with E-state index < -0.39 is 0 Å². The van der Waals surface area contributed by atoms with Gasteiger partial charge < -0.3 is 15.2 Å². The molecule has 1 unspecified atom stereocenters. The van der Waals surface area contributed by atoms with Crippen LogP contribution in [-0.2, 0) is 17.8 Å². The van der Waals surface area contributed by atoms with Gasteiger partial charge in [0.1, 0.15) is 6.54 Å². The molecule has 0 aliphatic heterocycles. The Kier molecular flexibility index (Phi) is 5.33. The number of carbonyl (C=O) groups is 1. The third-order valence-corrected chi connectivity index (χ3v) is 5.31. The van der Waals surface area contributed by atoms with Crippen LogP contribution in [0.4, 0.5) is 0 Å². The zero-order chi connectivity index (χ0) is 16.9. The molecule has 126 valence electrons. The van der Waals surface area contributed by atoms with Crippen molar-refractivity contribution in [2.75, 3.05) is 20.1 Å². The van der Waals surface area contributed by atoms with Crippen LogP contribution < -0.4 is 10.2 Å². The number of H-pyrrole nitrogens is 1. The van der Waals surface area contributed by atoms with Gasteiger partial charge in [-0.25, -0.2) is 0 Å². The highest BCUT2D eigenvalue weighted by Crippen LogP contribution is 2.17. The van der Waals surface area contributed by atoms with Crippen LogP contribution in [0, 0.1) is 6.92 Å². The van der Waals surface area contributed by atoms with E-state index in [1.165, 1.54) is 26.3 Å². The number of thiophene rings is 1. The van der Waals surface area contributed by atoms with Gasteiger partial charge in [0.2, 0.25) is 0 Å². The first-order valence-corrected chi connectivity index (χ1v) is 9.17. The lowest BCUT2D eigenvalue weighted by atomic mass is 10.1. The monoisotopic (exact) mass is 342 g/mol. The number of quaternary nitrogens is 1. The van der Waals surface area contributed by atoms with E-state index in [9.17, 15) is 4.79 Å². The minimum atomic E-state index is 0.113. The van der Waals surface area contributed by atoms with E-state index in [4.69, 9.17) is 0 Å². The summed E-state index contributed by atoms with van der Waals surface area (Å²) in [6, 6.07) is 10.4. The van der Waals surface area contributed by atoms with Crippen LogP contribution in [0.25, 0.3) is 10.9 Å². The van der Waals surface area contributed by atoms with E-state index in [0.717, 1.165) is 18.5 Å². The number of fused-ring (bicyclic) bond motifs is 1. The number of nitrogens with one attached hydrogen (secondary N) is 3. The number of hydrogen-bond donors (Lipinski definition) is 3. The van der Waals surface area contributed by atoms with Crippen molar-refractivity contribution in [1.82, 2.24) is 10.3 Å². The largest absolute Gasteiger partial charge is 0.361 e. The van der Waals surface area contributed by atoms with Crippen LogP contribution in [-0.4, -0.2) is 31.0 Å². The number of hydrogen-bond acceptors (Lipinski definition) is 2. The Bertz CT molecular complexity index is 821. The van der Waals surface area contributed by atoms with Gasteiger partial charge in [-0.15, -0.1) is 11.3 Å². The van der Waals surface area contributed by atoms with Gasteiger partial charge in [0.05, 0.1) is 11.9 Å². The van der Waals surface area contributed by atoms with Crippen LogP contribution in [0.1, 0.15) is 16.0 Å². The molecule has 0 bridgehead atoms. The number of aromatic amines is 1. The highest BCUT2D eigenvalue weighted by atomic mass is 32.1. The van der Waals surface area contributed by atoms with Crippen molar-refractivity contribution in [3.8, 4) is 0 Å². The van der Waals surface area contributed by atoms with Crippen molar-refractivity contribution >= 4 is 28.1 Å². The summed E-state index contributed by atoms with van der Waals surface area (Å²) in [7, 11) is 2.07. The average Bonchev–Trinajstić information content (AvgIpc) is 3.14. The van der Waals surface area contributed by atoms with Crippen LogP contribution in [0.2, 0.25) is 0 Å². The molecule has 1 amide bonds. The van der Waals surface area contributed by atoms with Crippen LogP contribution in [0.3, 0.4) is 0 Å². The molecule has 3 rings (SSSR count). The molecule has 2 heterocycles. The van der Waals surface area contributed by atoms with Gasteiger partial charge in [0.15, 0.2) is 6.54 Å². The maximum absolute atomic E-state index is 12.1. The zero-order valence-corrected chi connectivity index (χ0v) is 15.0. The first-order valence-electron chi connectivity index (χ1n) is 8.29. The predicted molar refractivity (Wildman–Crippen MR) is 99.5 cm³/mol. The predicted octanol–water partition coefficient (Wildman–Crippen LogP) is 1.91. The molecule has 5 heteroatoms. The number of rotatable bonds is 7. The second kappa shape index (κ2) is 7.64. The number of likely N-dealkylation sites (N-methyl/N-ethyl adjacent to an activating group) is 1. The van der Waals surface area contributed by atoms with Crippen molar-refractivity contribution < 1.29 is 9.69 Å². The molecule has 0 spiro atoms. The molecule has 1 aromatic carbocycles. The van der Waals surface area contributed by atoms with E-state index in [2.05, 4.69) is 47.9 Å². The minimum Gasteiger partial charge on any atom is -0.361 e. The zero-order valence-electron chi connectivity index (χ0n) is 14.2. The molecular weight excluding hydrogens is 318 g/mol. The molecule has 0 aliphatic rings. The summed E-state index contributed by atoms with van der Waals surface area (Å²) in [6.45, 7) is 4.21. The molecule has 0 saturated heterocycles. The number of aromatic nitrogens is 1. The number of aryl methyl sites for hydroxylation is 1. The van der Waals surface area contributed by atoms with E-state index in [0.29, 0.717) is 13.1 Å². The molecule has 1 atom stereocenters. The minimum absolute atomic E-state index is 0.113. The topological polar surface area (TPSA) is 49.3 Å². The number of carbonyl (C=O) groups excluding carboxylic acids is 1. The molecule has 0 fully saturated rings. The van der Waals surface area contributed by atoms with Gasteiger partial charge in [-0.3, -0.25) is 4.79 Å². The molecule has 0 radical (unpaired) electrons. The maximum atomic E-state index is 12.1. The Morgan fingerprint density at radius 1 is 1.29 bits per heavy atom. The van der Waals surface area contributed by atoms with Crippen molar-refractivity contribution in [3.05, 3.63) is 57.9 Å². The number of amides is 1. The van der Waals surface area contributed by atoms with Crippen LogP contribution in [0.15, 0.2) is 41.9 Å². The van der Waals surface area contributed by atoms with Crippen molar-refractivity contribution in [3.63, 3.8) is 0 Å². The summed E-state index contributed by atoms with van der Waals surface area (Å²) >= 11 is 1.77. The Balaban J connectivity index is 1.45. The second-order valence-corrected chi connectivity index (χ2v) is 7.30. The maximum Gasteiger partial charge on any atom is 0.275 e. The third kappa shape index (κ3) is 4.04. The van der Waals surface area contributed by atoms with Crippen molar-refractivity contribution in [2.45, 2.75) is 19.9 Å². The fraction of sp³-hybridized carbons (Fsp3) is 0.316. The first-order chi connectivity index (χ1) is 11.6. The average molecular weight is 342 g/mol. The Morgan fingerprint density at radius 3 is 2.92 bits per heavy atom. The Labute approximate surface area is 146 Å². The lowest BCUT2D eigenvalue weighted by Crippen LogP contribution is -3.08. The van der Waals surface area contributed by atoms with E-state index in [1.54, 1.807) is 11.3 Å². The lowest BCUT2D eigenvalue weighted by Gasteiger charge is -2.13. The lowest BCUT2D eigenvalue weighted by molar-refractivity contribution is -0.885. The molecule has 24 heavy (non-hydrogen) atoms. The standard InChI is InChI=1S/C19H23N3OS/c1-14-8-10-24-18(14)12-22(2)13-19(23)20-9-7-15-11-21-17-6-4-3-5-16(15)17/h3-6,8,10-11,21H,7,9,12-13H2,1-2H3,(H,20,23)/p+1. The van der Waals surface area contributed by atoms with E-state index in [-0.39, 0.29) is 5.91 Å². The summed E-state index contributed by atoms with van der Waals surface area (Å²) in [5.74, 6) is 0.113. The SMILES string of the molecule is Cc1ccsc1C[NH+](C)CC(=O)NCCc1c[nH]c2ccccc12. The second-order valence-electron chi connectivity index (χ2n) is 6.30. The Hall–Kier alpha value is -2.11. The van der Waals surface area contributed by atoms with Gasteiger partial charge in [-0.1, -0.05) is 18.2 Å². The normalized spacial score (nSPS) is 12.4.